The molecule has 3 heteroatoms. The van der Waals surface area contributed by atoms with Crippen LogP contribution in [0.1, 0.15) is 13.8 Å². The van der Waals surface area contributed by atoms with Gasteiger partial charge in [-0.2, -0.15) is 0 Å². The van der Waals surface area contributed by atoms with Crippen molar-refractivity contribution >= 4 is 0 Å². The molecule has 12 heavy (non-hydrogen) atoms. The molecule has 0 spiro atoms. The van der Waals surface area contributed by atoms with Gasteiger partial charge >= 0.3 is 0 Å². The van der Waals surface area contributed by atoms with Crippen LogP contribution in [-0.4, -0.2) is 36.0 Å². The monoisotopic (exact) mass is 174 g/mol. The van der Waals surface area contributed by atoms with Crippen LogP contribution in [-0.2, 0) is 0 Å². The maximum atomic E-state index is 9.63. The van der Waals surface area contributed by atoms with E-state index in [0.29, 0.717) is 0 Å². The molecule has 3 N–H and O–H groups in total. The standard InChI is InChI=1S/C9H20NO2/c1-6(5-11)9(12)7(2)8(3)10-4/h6-12H,1,5H2,2-4H3/q+1. The molecule has 0 aromatic rings. The van der Waals surface area contributed by atoms with Gasteiger partial charge in [0.1, 0.15) is 12.0 Å². The Morgan fingerprint density at radius 3 is 2.25 bits per heavy atom. The third-order valence-electron chi connectivity index (χ3n) is 2.50. The fraction of sp³-hybridized carbons (Fsp3) is 0.889. The normalized spacial score (nSPS) is 21.4. The molecule has 0 saturated heterocycles. The molecular weight excluding hydrogens is 154 g/mol. The summed E-state index contributed by atoms with van der Waals surface area (Å²) >= 11 is 0. The van der Waals surface area contributed by atoms with Gasteiger partial charge in [-0.25, -0.2) is 0 Å². The third kappa shape index (κ3) is 3.01. The Morgan fingerprint density at radius 2 is 1.92 bits per heavy atom. The lowest BCUT2D eigenvalue weighted by Gasteiger charge is -2.25. The molecule has 0 radical (unpaired) electrons. The van der Waals surface area contributed by atoms with Crippen LogP contribution in [0.25, 0.3) is 0 Å². The highest BCUT2D eigenvalue weighted by Crippen LogP contribution is 2.15. The van der Waals surface area contributed by atoms with Gasteiger partial charge in [-0.15, -0.1) is 0 Å². The molecule has 0 bridgehead atoms. The van der Waals surface area contributed by atoms with Crippen molar-refractivity contribution in [1.29, 1.82) is 0 Å². The fourth-order valence-corrected chi connectivity index (χ4v) is 1.10. The molecule has 4 unspecified atom stereocenters. The number of hydrogen-bond acceptors (Lipinski definition) is 3. The molecule has 0 aromatic heterocycles. The molecule has 0 amide bonds. The highest BCUT2D eigenvalue weighted by Gasteiger charge is 2.28. The number of hydrogen-bond donors (Lipinski definition) is 3. The molecule has 0 aliphatic heterocycles. The SMILES string of the molecule is [CH2+]C(CO)C(O)C(C)C(C)NC. The molecule has 0 heterocycles. The van der Waals surface area contributed by atoms with Crippen LogP contribution in [0, 0.1) is 18.8 Å². The van der Waals surface area contributed by atoms with Gasteiger partial charge < -0.3 is 15.5 Å². The maximum absolute atomic E-state index is 9.63. The van der Waals surface area contributed by atoms with E-state index in [9.17, 15) is 5.11 Å². The van der Waals surface area contributed by atoms with Crippen LogP contribution in [0.2, 0.25) is 0 Å². The van der Waals surface area contributed by atoms with E-state index < -0.39 is 6.10 Å². The summed E-state index contributed by atoms with van der Waals surface area (Å²) in [5.41, 5.74) is 0. The van der Waals surface area contributed by atoms with E-state index in [1.165, 1.54) is 0 Å². The van der Waals surface area contributed by atoms with Crippen LogP contribution in [0.15, 0.2) is 0 Å². The Kier molecular flexibility index (Phi) is 5.29. The molecule has 0 aromatic carbocycles. The number of nitrogens with one attached hydrogen (secondary N) is 1. The van der Waals surface area contributed by atoms with Crippen molar-refractivity contribution in [3.63, 3.8) is 0 Å². The van der Waals surface area contributed by atoms with Crippen LogP contribution in [0.4, 0.5) is 0 Å². The zero-order valence-corrected chi connectivity index (χ0v) is 8.12. The summed E-state index contributed by atoms with van der Waals surface area (Å²) in [6, 6.07) is 0.232. The molecule has 0 aliphatic rings. The highest BCUT2D eigenvalue weighted by molar-refractivity contribution is 4.80. The average molecular weight is 174 g/mol. The predicted molar refractivity (Wildman–Crippen MR) is 49.6 cm³/mol. The molecule has 0 fully saturated rings. The molecule has 0 aliphatic carbocycles. The third-order valence-corrected chi connectivity index (χ3v) is 2.50. The molecule has 0 rings (SSSR count). The lowest BCUT2D eigenvalue weighted by atomic mass is 9.89. The molecular formula is C9H20NO2+. The second-order valence-corrected chi connectivity index (χ2v) is 3.37. The maximum Gasteiger partial charge on any atom is 0.144 e. The van der Waals surface area contributed by atoms with Crippen LogP contribution >= 0.6 is 0 Å². The lowest BCUT2D eigenvalue weighted by molar-refractivity contribution is 0.0372. The second-order valence-electron chi connectivity index (χ2n) is 3.37. The van der Waals surface area contributed by atoms with Gasteiger partial charge in [0.05, 0.1) is 13.5 Å². The van der Waals surface area contributed by atoms with E-state index in [1.807, 2.05) is 20.9 Å². The predicted octanol–water partition coefficient (Wildman–Crippen LogP) is 0.0339. The van der Waals surface area contributed by atoms with Crippen LogP contribution < -0.4 is 5.32 Å². The number of aliphatic hydroxyl groups excluding tert-OH is 2. The Labute approximate surface area is 74.8 Å². The van der Waals surface area contributed by atoms with Crippen LogP contribution in [0.3, 0.4) is 0 Å². The summed E-state index contributed by atoms with van der Waals surface area (Å²) in [4.78, 5) is 0. The minimum Gasteiger partial charge on any atom is -0.392 e. The van der Waals surface area contributed by atoms with Gasteiger partial charge in [0.15, 0.2) is 0 Å². The summed E-state index contributed by atoms with van der Waals surface area (Å²) < 4.78 is 0. The summed E-state index contributed by atoms with van der Waals surface area (Å²) in [5, 5.41) is 21.4. The van der Waals surface area contributed by atoms with Gasteiger partial charge in [0.25, 0.3) is 0 Å². The van der Waals surface area contributed by atoms with Crippen molar-refractivity contribution in [1.82, 2.24) is 5.32 Å². The van der Waals surface area contributed by atoms with E-state index >= 15 is 0 Å². The minimum atomic E-state index is -0.544. The Balaban J connectivity index is 3.99. The van der Waals surface area contributed by atoms with Gasteiger partial charge in [0.2, 0.25) is 0 Å². The summed E-state index contributed by atoms with van der Waals surface area (Å²) in [5.74, 6) is -0.194. The minimum absolute atomic E-state index is 0.0675. The van der Waals surface area contributed by atoms with Gasteiger partial charge in [-0.05, 0) is 14.0 Å². The van der Waals surface area contributed by atoms with Crippen molar-refractivity contribution in [2.45, 2.75) is 26.0 Å². The average Bonchev–Trinajstić information content (AvgIpc) is 2.12. The molecule has 3 nitrogen and oxygen atoms in total. The van der Waals surface area contributed by atoms with Gasteiger partial charge in [-0.3, -0.25) is 0 Å². The Morgan fingerprint density at radius 1 is 1.42 bits per heavy atom. The Bertz CT molecular complexity index is 105. The fourth-order valence-electron chi connectivity index (χ4n) is 1.10. The zero-order valence-electron chi connectivity index (χ0n) is 8.12. The van der Waals surface area contributed by atoms with Crippen LogP contribution in [0.5, 0.6) is 0 Å². The van der Waals surface area contributed by atoms with Gasteiger partial charge in [-0.1, -0.05) is 6.92 Å². The Hall–Kier alpha value is -0.250. The molecule has 4 atom stereocenters. The van der Waals surface area contributed by atoms with Crippen molar-refractivity contribution in [2.75, 3.05) is 13.7 Å². The zero-order chi connectivity index (χ0) is 9.72. The first-order valence-electron chi connectivity index (χ1n) is 4.33. The largest absolute Gasteiger partial charge is 0.392 e. The van der Waals surface area contributed by atoms with Crippen molar-refractivity contribution < 1.29 is 10.2 Å². The van der Waals surface area contributed by atoms with E-state index in [2.05, 4.69) is 12.2 Å². The van der Waals surface area contributed by atoms with E-state index in [1.54, 1.807) is 0 Å². The van der Waals surface area contributed by atoms with E-state index in [4.69, 9.17) is 5.11 Å². The van der Waals surface area contributed by atoms with Crippen molar-refractivity contribution in [2.24, 2.45) is 11.8 Å². The quantitative estimate of drug-likeness (QED) is 0.516. The first-order chi connectivity index (χ1) is 5.54. The van der Waals surface area contributed by atoms with E-state index in [0.717, 1.165) is 0 Å². The smallest absolute Gasteiger partial charge is 0.144 e. The highest BCUT2D eigenvalue weighted by atomic mass is 16.3. The topological polar surface area (TPSA) is 52.5 Å². The van der Waals surface area contributed by atoms with Crippen molar-refractivity contribution in [3.05, 3.63) is 6.92 Å². The molecule has 0 saturated carbocycles. The first kappa shape index (κ1) is 11.8. The summed E-state index contributed by atoms with van der Waals surface area (Å²) in [6.45, 7) is 7.54. The first-order valence-corrected chi connectivity index (χ1v) is 4.33. The molecule has 72 valence electrons. The number of aliphatic hydroxyl groups is 2. The van der Waals surface area contributed by atoms with Crippen molar-refractivity contribution in [3.8, 4) is 0 Å². The number of rotatable bonds is 5. The lowest BCUT2D eigenvalue weighted by Crippen LogP contribution is -2.40. The summed E-state index contributed by atoms with van der Waals surface area (Å²) in [6.07, 6.45) is -0.544. The summed E-state index contributed by atoms with van der Waals surface area (Å²) in [7, 11) is 1.85. The van der Waals surface area contributed by atoms with E-state index in [-0.39, 0.29) is 24.5 Å². The van der Waals surface area contributed by atoms with Gasteiger partial charge in [0, 0.05) is 12.0 Å². The second kappa shape index (κ2) is 5.41.